The summed E-state index contributed by atoms with van der Waals surface area (Å²) in [5.41, 5.74) is -0.948. The maximum Gasteiger partial charge on any atom is 0.234 e. The molecule has 0 aromatic carbocycles. The zero-order chi connectivity index (χ0) is 10.0. The van der Waals surface area contributed by atoms with Crippen molar-refractivity contribution >= 4 is 15.9 Å². The van der Waals surface area contributed by atoms with E-state index in [1.807, 2.05) is 0 Å². The van der Waals surface area contributed by atoms with Crippen LogP contribution in [0, 0.1) is 34.6 Å². The van der Waals surface area contributed by atoms with E-state index < -0.39 is 23.0 Å². The molecule has 1 aromatic rings. The van der Waals surface area contributed by atoms with Crippen molar-refractivity contribution in [2.45, 2.75) is 0 Å². The van der Waals surface area contributed by atoms with Crippen molar-refractivity contribution in [3.63, 3.8) is 0 Å². The van der Waals surface area contributed by atoms with E-state index in [1.165, 1.54) is 12.1 Å². The third kappa shape index (κ3) is 1.49. The molecule has 0 unspecified atom stereocenters. The smallest absolute Gasteiger partial charge is 0.192 e. The molecule has 0 amide bonds. The zero-order valence-electron chi connectivity index (χ0n) is 5.98. The lowest BCUT2D eigenvalue weighted by atomic mass is 10.2. The first kappa shape index (κ1) is 9.56. The zero-order valence-corrected chi connectivity index (χ0v) is 7.56. The molecular weight excluding hydrogens is 244 g/mol. The molecule has 1 heterocycles. The van der Waals surface area contributed by atoms with Crippen LogP contribution in [0.5, 0.6) is 0 Å². The number of pyridine rings is 1. The van der Waals surface area contributed by atoms with Gasteiger partial charge in [-0.05, 0) is 15.9 Å². The molecule has 0 spiro atoms. The topological polar surface area (TPSA) is 60.5 Å². The second-order valence-electron chi connectivity index (χ2n) is 1.98. The largest absolute Gasteiger partial charge is 0.234 e. The minimum atomic E-state index is -1.23. The Balaban J connectivity index is 3.63. The van der Waals surface area contributed by atoms with Crippen molar-refractivity contribution in [3.05, 3.63) is 27.5 Å². The summed E-state index contributed by atoms with van der Waals surface area (Å²) >= 11 is 2.74. The predicted octanol–water partition coefficient (Wildman–Crippen LogP) is 1.87. The second kappa shape index (κ2) is 3.46. The van der Waals surface area contributed by atoms with Gasteiger partial charge in [-0.25, -0.2) is 0 Å². The Morgan fingerprint density at radius 1 is 1.08 bits per heavy atom. The fraction of sp³-hybridized carbons (Fsp3) is 0. The Labute approximate surface area is 80.4 Å². The van der Waals surface area contributed by atoms with Crippen molar-refractivity contribution in [3.8, 4) is 12.1 Å². The molecule has 13 heavy (non-hydrogen) atoms. The van der Waals surface area contributed by atoms with E-state index in [2.05, 4.69) is 20.9 Å². The molecule has 0 fully saturated rings. The van der Waals surface area contributed by atoms with E-state index in [0.29, 0.717) is 0 Å². The summed E-state index contributed by atoms with van der Waals surface area (Å²) in [6, 6.07) is 2.93. The summed E-state index contributed by atoms with van der Waals surface area (Å²) in [7, 11) is 0. The molecule has 0 bridgehead atoms. The van der Waals surface area contributed by atoms with E-state index in [4.69, 9.17) is 10.5 Å². The maximum atomic E-state index is 12.7. The fourth-order valence-corrected chi connectivity index (χ4v) is 1.20. The minimum absolute atomic E-state index is 0.206. The monoisotopic (exact) mass is 243 g/mol. The van der Waals surface area contributed by atoms with Crippen molar-refractivity contribution in [1.29, 1.82) is 10.5 Å². The first-order valence-electron chi connectivity index (χ1n) is 2.96. The molecule has 0 atom stereocenters. The number of nitriles is 2. The average molecular weight is 244 g/mol. The van der Waals surface area contributed by atoms with E-state index in [-0.39, 0.29) is 4.47 Å². The van der Waals surface area contributed by atoms with Gasteiger partial charge in [0, 0.05) is 0 Å². The SMILES string of the molecule is N#Cc1c(F)nc(F)c(C#N)c1Br. The van der Waals surface area contributed by atoms with E-state index >= 15 is 0 Å². The molecule has 64 valence electrons. The van der Waals surface area contributed by atoms with Crippen LogP contribution in [0.1, 0.15) is 11.1 Å². The Bertz CT molecular complexity index is 406. The van der Waals surface area contributed by atoms with Gasteiger partial charge in [0.1, 0.15) is 23.3 Å². The Morgan fingerprint density at radius 3 is 1.77 bits per heavy atom. The highest BCUT2D eigenvalue weighted by Crippen LogP contribution is 2.23. The van der Waals surface area contributed by atoms with Gasteiger partial charge in [-0.2, -0.15) is 24.3 Å². The molecule has 0 saturated heterocycles. The number of nitrogens with zero attached hydrogens (tertiary/aromatic N) is 3. The van der Waals surface area contributed by atoms with Crippen LogP contribution in [0.2, 0.25) is 0 Å². The molecule has 0 aliphatic heterocycles. The third-order valence-corrected chi connectivity index (χ3v) is 2.06. The van der Waals surface area contributed by atoms with Gasteiger partial charge in [0.05, 0.1) is 4.47 Å². The number of rotatable bonds is 0. The van der Waals surface area contributed by atoms with Gasteiger partial charge in [0.25, 0.3) is 0 Å². The Morgan fingerprint density at radius 2 is 1.46 bits per heavy atom. The molecular formula is C7BrF2N3. The van der Waals surface area contributed by atoms with Gasteiger partial charge in [0.15, 0.2) is 0 Å². The lowest BCUT2D eigenvalue weighted by Crippen LogP contribution is -1.99. The van der Waals surface area contributed by atoms with E-state index in [9.17, 15) is 8.78 Å². The highest BCUT2D eigenvalue weighted by Gasteiger charge is 2.17. The fourth-order valence-electron chi connectivity index (χ4n) is 0.695. The van der Waals surface area contributed by atoms with Gasteiger partial charge in [-0.1, -0.05) is 0 Å². The molecule has 0 aliphatic carbocycles. The molecule has 0 N–H and O–H groups in total. The quantitative estimate of drug-likeness (QED) is 0.654. The lowest BCUT2D eigenvalue weighted by molar-refractivity contribution is 0.506. The van der Waals surface area contributed by atoms with Crippen LogP contribution in [-0.2, 0) is 0 Å². The van der Waals surface area contributed by atoms with Crippen LogP contribution in [0.25, 0.3) is 0 Å². The van der Waals surface area contributed by atoms with Crippen LogP contribution in [0.4, 0.5) is 8.78 Å². The number of hydrogen-bond acceptors (Lipinski definition) is 3. The van der Waals surface area contributed by atoms with E-state index in [1.54, 1.807) is 0 Å². The Hall–Kier alpha value is -1.53. The van der Waals surface area contributed by atoms with Crippen molar-refractivity contribution in [2.75, 3.05) is 0 Å². The molecule has 3 nitrogen and oxygen atoms in total. The number of halogens is 3. The van der Waals surface area contributed by atoms with Gasteiger partial charge in [0.2, 0.25) is 11.9 Å². The standard InChI is InChI=1S/C7BrF2N3/c8-5-3(1-11)6(9)13-7(10)4(5)2-12. The van der Waals surface area contributed by atoms with E-state index in [0.717, 1.165) is 0 Å². The molecule has 1 rings (SSSR count). The van der Waals surface area contributed by atoms with Crippen LogP contribution in [0.15, 0.2) is 4.47 Å². The molecule has 1 aromatic heterocycles. The summed E-state index contributed by atoms with van der Waals surface area (Å²) in [4.78, 5) is 2.77. The lowest BCUT2D eigenvalue weighted by Gasteiger charge is -1.99. The molecule has 0 saturated carbocycles. The second-order valence-corrected chi connectivity index (χ2v) is 2.77. The van der Waals surface area contributed by atoms with Crippen LogP contribution >= 0.6 is 15.9 Å². The van der Waals surface area contributed by atoms with Crippen LogP contribution in [0.3, 0.4) is 0 Å². The highest BCUT2D eigenvalue weighted by molar-refractivity contribution is 9.10. The molecule has 6 heteroatoms. The highest BCUT2D eigenvalue weighted by atomic mass is 79.9. The summed E-state index contributed by atoms with van der Waals surface area (Å²) in [5.74, 6) is -2.46. The Kier molecular flexibility index (Phi) is 2.54. The molecule has 0 radical (unpaired) electrons. The van der Waals surface area contributed by atoms with Crippen LogP contribution < -0.4 is 0 Å². The van der Waals surface area contributed by atoms with Crippen molar-refractivity contribution < 1.29 is 8.78 Å². The first-order valence-corrected chi connectivity index (χ1v) is 3.75. The van der Waals surface area contributed by atoms with Gasteiger partial charge in [-0.3, -0.25) is 0 Å². The number of aromatic nitrogens is 1. The normalized spacial score (nSPS) is 9.00. The summed E-state index contributed by atoms with van der Waals surface area (Å²) in [6.45, 7) is 0. The van der Waals surface area contributed by atoms with Crippen molar-refractivity contribution in [2.24, 2.45) is 0 Å². The summed E-state index contributed by atoms with van der Waals surface area (Å²) < 4.78 is 25.2. The third-order valence-electron chi connectivity index (χ3n) is 1.27. The first-order chi connectivity index (χ1) is 6.11. The van der Waals surface area contributed by atoms with Gasteiger partial charge < -0.3 is 0 Å². The van der Waals surface area contributed by atoms with Crippen LogP contribution in [-0.4, -0.2) is 4.98 Å². The van der Waals surface area contributed by atoms with Gasteiger partial charge >= 0.3 is 0 Å². The molecule has 0 aliphatic rings. The summed E-state index contributed by atoms with van der Waals surface area (Å²) in [6.07, 6.45) is 0. The van der Waals surface area contributed by atoms with Gasteiger partial charge in [-0.15, -0.1) is 0 Å². The number of hydrogen-bond donors (Lipinski definition) is 0. The average Bonchev–Trinajstić information content (AvgIpc) is 2.04. The maximum absolute atomic E-state index is 12.7. The predicted molar refractivity (Wildman–Crippen MR) is 41.3 cm³/mol. The van der Waals surface area contributed by atoms with Crippen molar-refractivity contribution in [1.82, 2.24) is 4.98 Å². The summed E-state index contributed by atoms with van der Waals surface area (Å²) in [5, 5.41) is 16.8. The minimum Gasteiger partial charge on any atom is -0.192 e.